The minimum absolute atomic E-state index is 0.853. The van der Waals surface area contributed by atoms with Crippen LogP contribution in [0.25, 0.3) is 0 Å². The summed E-state index contributed by atoms with van der Waals surface area (Å²) in [5.74, 6) is 3.93. The SMILES string of the molecule is Cc1ccc(N2CCN(c3cc(N4CCCC4)nc(C)n3)CC2)nn1. The van der Waals surface area contributed by atoms with Crippen molar-refractivity contribution < 1.29 is 0 Å². The fraction of sp³-hybridized carbons (Fsp3) is 0.556. The summed E-state index contributed by atoms with van der Waals surface area (Å²) < 4.78 is 0. The Morgan fingerprint density at radius 3 is 1.80 bits per heavy atom. The van der Waals surface area contributed by atoms with E-state index >= 15 is 0 Å². The Labute approximate surface area is 148 Å². The van der Waals surface area contributed by atoms with E-state index in [0.717, 1.165) is 68.2 Å². The standard InChI is InChI=1S/C18H25N7/c1-14-5-6-16(22-21-14)24-9-11-25(12-10-24)18-13-17(19-15(2)20-18)23-7-3-4-8-23/h5-6,13H,3-4,7-12H2,1-2H3. The monoisotopic (exact) mass is 339 g/mol. The van der Waals surface area contributed by atoms with E-state index in [1.807, 2.05) is 19.9 Å². The van der Waals surface area contributed by atoms with Crippen LogP contribution in [0.4, 0.5) is 17.5 Å². The van der Waals surface area contributed by atoms with Gasteiger partial charge < -0.3 is 14.7 Å². The summed E-state index contributed by atoms with van der Waals surface area (Å²) in [6.45, 7) is 9.90. The summed E-state index contributed by atoms with van der Waals surface area (Å²) >= 11 is 0. The van der Waals surface area contributed by atoms with E-state index in [9.17, 15) is 0 Å². The van der Waals surface area contributed by atoms with Gasteiger partial charge in [-0.15, -0.1) is 5.10 Å². The summed E-state index contributed by atoms with van der Waals surface area (Å²) in [5.41, 5.74) is 0.952. The quantitative estimate of drug-likeness (QED) is 0.845. The van der Waals surface area contributed by atoms with E-state index in [2.05, 4.69) is 47.0 Å². The zero-order valence-electron chi connectivity index (χ0n) is 15.0. The van der Waals surface area contributed by atoms with Crippen LogP contribution in [0.2, 0.25) is 0 Å². The molecule has 0 spiro atoms. The lowest BCUT2D eigenvalue weighted by Gasteiger charge is -2.36. The largest absolute Gasteiger partial charge is 0.356 e. The van der Waals surface area contributed by atoms with Crippen molar-refractivity contribution >= 4 is 17.5 Å². The van der Waals surface area contributed by atoms with Gasteiger partial charge in [-0.2, -0.15) is 5.10 Å². The van der Waals surface area contributed by atoms with Gasteiger partial charge in [-0.25, -0.2) is 9.97 Å². The highest BCUT2D eigenvalue weighted by molar-refractivity contribution is 5.53. The molecule has 7 nitrogen and oxygen atoms in total. The van der Waals surface area contributed by atoms with Gasteiger partial charge in [0.2, 0.25) is 0 Å². The van der Waals surface area contributed by atoms with Crippen molar-refractivity contribution in [3.05, 3.63) is 29.7 Å². The highest BCUT2D eigenvalue weighted by atomic mass is 15.3. The van der Waals surface area contributed by atoms with Crippen molar-refractivity contribution in [2.75, 3.05) is 54.0 Å². The zero-order valence-corrected chi connectivity index (χ0v) is 15.0. The molecule has 4 rings (SSSR count). The van der Waals surface area contributed by atoms with Crippen molar-refractivity contribution in [1.82, 2.24) is 20.2 Å². The van der Waals surface area contributed by atoms with Crippen LogP contribution in [0.15, 0.2) is 18.2 Å². The number of hydrogen-bond donors (Lipinski definition) is 0. The molecule has 0 aromatic carbocycles. The second-order valence-corrected chi connectivity index (χ2v) is 6.83. The Balaban J connectivity index is 1.46. The Hall–Kier alpha value is -2.44. The molecular formula is C18H25N7. The van der Waals surface area contributed by atoms with Gasteiger partial charge in [0.05, 0.1) is 5.69 Å². The molecule has 4 heterocycles. The van der Waals surface area contributed by atoms with E-state index in [1.165, 1.54) is 12.8 Å². The number of aromatic nitrogens is 4. The van der Waals surface area contributed by atoms with Crippen LogP contribution < -0.4 is 14.7 Å². The van der Waals surface area contributed by atoms with Crippen LogP contribution in [0.5, 0.6) is 0 Å². The highest BCUT2D eigenvalue weighted by Crippen LogP contribution is 2.24. The minimum Gasteiger partial charge on any atom is -0.356 e. The van der Waals surface area contributed by atoms with E-state index < -0.39 is 0 Å². The van der Waals surface area contributed by atoms with Gasteiger partial charge in [0, 0.05) is 45.3 Å². The fourth-order valence-corrected chi connectivity index (χ4v) is 3.53. The molecule has 0 saturated carbocycles. The maximum Gasteiger partial charge on any atom is 0.151 e. The molecule has 7 heteroatoms. The molecule has 0 radical (unpaired) electrons. The normalized spacial score (nSPS) is 18.1. The fourth-order valence-electron chi connectivity index (χ4n) is 3.53. The summed E-state index contributed by atoms with van der Waals surface area (Å²) in [5, 5.41) is 8.47. The Bertz CT molecular complexity index is 717. The number of nitrogens with zero attached hydrogens (tertiary/aromatic N) is 7. The van der Waals surface area contributed by atoms with Gasteiger partial charge in [0.25, 0.3) is 0 Å². The van der Waals surface area contributed by atoms with Crippen LogP contribution in [0, 0.1) is 13.8 Å². The third-order valence-corrected chi connectivity index (χ3v) is 4.95. The third-order valence-electron chi connectivity index (χ3n) is 4.95. The second-order valence-electron chi connectivity index (χ2n) is 6.83. The van der Waals surface area contributed by atoms with Gasteiger partial charge in [-0.1, -0.05) is 0 Å². The summed E-state index contributed by atoms with van der Waals surface area (Å²) in [4.78, 5) is 16.3. The van der Waals surface area contributed by atoms with E-state index in [4.69, 9.17) is 0 Å². The lowest BCUT2D eigenvalue weighted by atomic mass is 10.3. The van der Waals surface area contributed by atoms with Gasteiger partial charge in [-0.05, 0) is 38.8 Å². The van der Waals surface area contributed by atoms with Crippen LogP contribution in [0.3, 0.4) is 0 Å². The molecule has 132 valence electrons. The first-order valence-electron chi connectivity index (χ1n) is 9.10. The summed E-state index contributed by atoms with van der Waals surface area (Å²) in [7, 11) is 0. The maximum absolute atomic E-state index is 4.68. The van der Waals surface area contributed by atoms with Crippen molar-refractivity contribution in [3.63, 3.8) is 0 Å². The lowest BCUT2D eigenvalue weighted by molar-refractivity contribution is 0.635. The first kappa shape index (κ1) is 16.1. The van der Waals surface area contributed by atoms with Gasteiger partial charge >= 0.3 is 0 Å². The Morgan fingerprint density at radius 2 is 1.24 bits per heavy atom. The second kappa shape index (κ2) is 6.82. The van der Waals surface area contributed by atoms with Crippen LogP contribution in [0.1, 0.15) is 24.4 Å². The molecule has 0 aliphatic carbocycles. The van der Waals surface area contributed by atoms with Gasteiger partial charge in [0.15, 0.2) is 5.82 Å². The molecule has 2 aromatic rings. The molecule has 0 bridgehead atoms. The predicted octanol–water partition coefficient (Wildman–Crippen LogP) is 1.81. The van der Waals surface area contributed by atoms with Crippen LogP contribution in [-0.4, -0.2) is 59.4 Å². The Morgan fingerprint density at radius 1 is 0.680 bits per heavy atom. The number of hydrogen-bond acceptors (Lipinski definition) is 7. The van der Waals surface area contributed by atoms with Crippen LogP contribution >= 0.6 is 0 Å². The third kappa shape index (κ3) is 3.50. The predicted molar refractivity (Wildman–Crippen MR) is 99.4 cm³/mol. The topological polar surface area (TPSA) is 61.3 Å². The molecule has 2 fully saturated rings. The molecule has 0 unspecified atom stereocenters. The minimum atomic E-state index is 0.853. The summed E-state index contributed by atoms with van der Waals surface area (Å²) in [6, 6.07) is 6.22. The van der Waals surface area contributed by atoms with Crippen LogP contribution in [-0.2, 0) is 0 Å². The molecular weight excluding hydrogens is 314 g/mol. The number of piperazine rings is 1. The van der Waals surface area contributed by atoms with Crippen molar-refractivity contribution in [2.45, 2.75) is 26.7 Å². The highest BCUT2D eigenvalue weighted by Gasteiger charge is 2.22. The van der Waals surface area contributed by atoms with E-state index in [-0.39, 0.29) is 0 Å². The van der Waals surface area contributed by atoms with Crippen molar-refractivity contribution in [1.29, 1.82) is 0 Å². The van der Waals surface area contributed by atoms with Gasteiger partial charge in [0.1, 0.15) is 17.5 Å². The van der Waals surface area contributed by atoms with E-state index in [1.54, 1.807) is 0 Å². The zero-order chi connectivity index (χ0) is 17.2. The number of rotatable bonds is 3. The number of anilines is 3. The molecule has 2 aromatic heterocycles. The van der Waals surface area contributed by atoms with E-state index in [0.29, 0.717) is 0 Å². The molecule has 0 amide bonds. The molecule has 2 saturated heterocycles. The van der Waals surface area contributed by atoms with Gasteiger partial charge in [-0.3, -0.25) is 0 Å². The summed E-state index contributed by atoms with van der Waals surface area (Å²) in [6.07, 6.45) is 2.52. The van der Waals surface area contributed by atoms with Crippen molar-refractivity contribution in [2.24, 2.45) is 0 Å². The average Bonchev–Trinajstić information content (AvgIpc) is 3.17. The molecule has 25 heavy (non-hydrogen) atoms. The Kier molecular flexibility index (Phi) is 4.38. The number of aryl methyl sites for hydroxylation is 2. The average molecular weight is 339 g/mol. The molecule has 0 N–H and O–H groups in total. The first-order chi connectivity index (χ1) is 12.2. The first-order valence-corrected chi connectivity index (χ1v) is 9.10. The molecule has 2 aliphatic heterocycles. The molecule has 2 aliphatic rings. The lowest BCUT2D eigenvalue weighted by Crippen LogP contribution is -2.47. The maximum atomic E-state index is 4.68. The smallest absolute Gasteiger partial charge is 0.151 e. The molecule has 0 atom stereocenters. The van der Waals surface area contributed by atoms with Crippen molar-refractivity contribution in [3.8, 4) is 0 Å².